The second-order valence-corrected chi connectivity index (χ2v) is 5.41. The molecule has 0 saturated heterocycles. The summed E-state index contributed by atoms with van der Waals surface area (Å²) in [5.41, 5.74) is 4.20. The van der Waals surface area contributed by atoms with Crippen LogP contribution in [-0.4, -0.2) is 16.8 Å². The summed E-state index contributed by atoms with van der Waals surface area (Å²) in [6.45, 7) is 6.72. The second kappa shape index (κ2) is 5.87. The minimum atomic E-state index is 0.407. The van der Waals surface area contributed by atoms with Crippen LogP contribution in [0.25, 0.3) is 0 Å². The molecule has 1 heterocycles. The van der Waals surface area contributed by atoms with Crippen molar-refractivity contribution in [2.75, 3.05) is 7.05 Å². The van der Waals surface area contributed by atoms with Gasteiger partial charge in [-0.15, -0.1) is 0 Å². The highest BCUT2D eigenvalue weighted by Gasteiger charge is 2.25. The standard InChI is InChI=1S/C15H27N3/c1-5-13-15(11(3)16-4)14(6-2)18(17-13)12-9-7-8-10-12/h11-12,16H,5-10H2,1-4H3. The van der Waals surface area contributed by atoms with Crippen LogP contribution in [0.3, 0.4) is 0 Å². The highest BCUT2D eigenvalue weighted by Crippen LogP contribution is 2.33. The Morgan fingerprint density at radius 2 is 1.94 bits per heavy atom. The second-order valence-electron chi connectivity index (χ2n) is 5.41. The molecule has 3 nitrogen and oxygen atoms in total. The van der Waals surface area contributed by atoms with E-state index in [1.54, 1.807) is 0 Å². The smallest absolute Gasteiger partial charge is 0.0672 e. The fourth-order valence-corrected chi connectivity index (χ4v) is 3.24. The van der Waals surface area contributed by atoms with Crippen molar-refractivity contribution in [2.24, 2.45) is 0 Å². The fourth-order valence-electron chi connectivity index (χ4n) is 3.24. The minimum absolute atomic E-state index is 0.407. The topological polar surface area (TPSA) is 29.9 Å². The summed E-state index contributed by atoms with van der Waals surface area (Å²) < 4.78 is 2.36. The van der Waals surface area contributed by atoms with Crippen molar-refractivity contribution in [3.05, 3.63) is 17.0 Å². The normalized spacial score (nSPS) is 18.4. The van der Waals surface area contributed by atoms with Crippen LogP contribution in [0.1, 0.15) is 75.5 Å². The predicted molar refractivity (Wildman–Crippen MR) is 76.0 cm³/mol. The van der Waals surface area contributed by atoms with Crippen molar-refractivity contribution in [3.63, 3.8) is 0 Å². The third-order valence-corrected chi connectivity index (χ3v) is 4.33. The van der Waals surface area contributed by atoms with E-state index in [0.717, 1.165) is 12.8 Å². The van der Waals surface area contributed by atoms with E-state index >= 15 is 0 Å². The molecule has 1 N–H and O–H groups in total. The Balaban J connectivity index is 2.43. The van der Waals surface area contributed by atoms with Gasteiger partial charge in [0, 0.05) is 17.3 Å². The van der Waals surface area contributed by atoms with Gasteiger partial charge in [-0.2, -0.15) is 5.10 Å². The molecule has 2 rings (SSSR count). The fraction of sp³-hybridized carbons (Fsp3) is 0.800. The molecule has 0 aliphatic heterocycles. The summed E-state index contributed by atoms with van der Waals surface area (Å²) in [5, 5.41) is 8.31. The molecule has 1 saturated carbocycles. The minimum Gasteiger partial charge on any atom is -0.313 e. The molecule has 102 valence electrons. The Morgan fingerprint density at radius 1 is 1.28 bits per heavy atom. The number of rotatable bonds is 5. The van der Waals surface area contributed by atoms with Crippen LogP contribution in [0.2, 0.25) is 0 Å². The summed E-state index contributed by atoms with van der Waals surface area (Å²) in [7, 11) is 2.04. The zero-order valence-corrected chi connectivity index (χ0v) is 12.3. The molecule has 0 amide bonds. The molecule has 3 heteroatoms. The van der Waals surface area contributed by atoms with Gasteiger partial charge in [0.15, 0.2) is 0 Å². The van der Waals surface area contributed by atoms with Gasteiger partial charge in [0.05, 0.1) is 11.7 Å². The Kier molecular flexibility index (Phi) is 4.44. The molecule has 1 aromatic heterocycles. The van der Waals surface area contributed by atoms with E-state index in [4.69, 9.17) is 5.10 Å². The van der Waals surface area contributed by atoms with Gasteiger partial charge in [0.25, 0.3) is 0 Å². The highest BCUT2D eigenvalue weighted by atomic mass is 15.3. The van der Waals surface area contributed by atoms with Crippen LogP contribution in [-0.2, 0) is 12.8 Å². The molecule has 1 unspecified atom stereocenters. The van der Waals surface area contributed by atoms with E-state index < -0.39 is 0 Å². The van der Waals surface area contributed by atoms with Crippen LogP contribution in [0, 0.1) is 0 Å². The van der Waals surface area contributed by atoms with Gasteiger partial charge in [0.1, 0.15) is 0 Å². The zero-order valence-electron chi connectivity index (χ0n) is 12.3. The Labute approximate surface area is 111 Å². The molecule has 0 radical (unpaired) electrons. The Morgan fingerprint density at radius 3 is 2.44 bits per heavy atom. The number of aryl methyl sites for hydroxylation is 1. The van der Waals surface area contributed by atoms with E-state index in [1.807, 2.05) is 7.05 Å². The lowest BCUT2D eigenvalue weighted by Crippen LogP contribution is -2.16. The van der Waals surface area contributed by atoms with Crippen LogP contribution in [0.4, 0.5) is 0 Å². The van der Waals surface area contributed by atoms with Gasteiger partial charge in [-0.1, -0.05) is 26.7 Å². The maximum absolute atomic E-state index is 4.93. The number of hydrogen-bond acceptors (Lipinski definition) is 2. The Bertz CT molecular complexity index is 389. The predicted octanol–water partition coefficient (Wildman–Crippen LogP) is 3.40. The molecular weight excluding hydrogens is 222 g/mol. The molecule has 1 aliphatic rings. The largest absolute Gasteiger partial charge is 0.313 e. The molecule has 1 aromatic rings. The van der Waals surface area contributed by atoms with E-state index in [9.17, 15) is 0 Å². The molecule has 0 aromatic carbocycles. The van der Waals surface area contributed by atoms with Crippen molar-refractivity contribution >= 4 is 0 Å². The van der Waals surface area contributed by atoms with Gasteiger partial charge in [-0.05, 0) is 39.7 Å². The van der Waals surface area contributed by atoms with Crippen LogP contribution >= 0.6 is 0 Å². The number of aromatic nitrogens is 2. The number of hydrogen-bond donors (Lipinski definition) is 1. The van der Waals surface area contributed by atoms with Crippen molar-refractivity contribution in [3.8, 4) is 0 Å². The van der Waals surface area contributed by atoms with Gasteiger partial charge < -0.3 is 5.32 Å². The Hall–Kier alpha value is -0.830. The quantitative estimate of drug-likeness (QED) is 0.866. The van der Waals surface area contributed by atoms with Gasteiger partial charge in [-0.25, -0.2) is 0 Å². The summed E-state index contributed by atoms with van der Waals surface area (Å²) in [5.74, 6) is 0. The summed E-state index contributed by atoms with van der Waals surface area (Å²) in [6.07, 6.45) is 7.48. The highest BCUT2D eigenvalue weighted by molar-refractivity contribution is 5.30. The van der Waals surface area contributed by atoms with Crippen molar-refractivity contribution in [1.29, 1.82) is 0 Å². The van der Waals surface area contributed by atoms with Crippen molar-refractivity contribution in [2.45, 2.75) is 71.4 Å². The van der Waals surface area contributed by atoms with Crippen LogP contribution < -0.4 is 5.32 Å². The monoisotopic (exact) mass is 249 g/mol. The average molecular weight is 249 g/mol. The first-order valence-corrected chi connectivity index (χ1v) is 7.50. The average Bonchev–Trinajstić information content (AvgIpc) is 3.03. The molecule has 0 spiro atoms. The van der Waals surface area contributed by atoms with Gasteiger partial charge in [0.2, 0.25) is 0 Å². The first kappa shape index (κ1) is 13.6. The SMILES string of the molecule is CCc1nn(C2CCCC2)c(CC)c1C(C)NC. The van der Waals surface area contributed by atoms with Crippen LogP contribution in [0.15, 0.2) is 0 Å². The van der Waals surface area contributed by atoms with E-state index in [1.165, 1.54) is 42.6 Å². The van der Waals surface area contributed by atoms with E-state index in [-0.39, 0.29) is 0 Å². The maximum atomic E-state index is 4.93. The molecule has 1 atom stereocenters. The first-order valence-electron chi connectivity index (χ1n) is 7.50. The summed E-state index contributed by atoms with van der Waals surface area (Å²) in [6, 6.07) is 1.06. The maximum Gasteiger partial charge on any atom is 0.0672 e. The lowest BCUT2D eigenvalue weighted by atomic mass is 10.0. The molecule has 1 fully saturated rings. The number of nitrogens with one attached hydrogen (secondary N) is 1. The van der Waals surface area contributed by atoms with E-state index in [0.29, 0.717) is 12.1 Å². The van der Waals surface area contributed by atoms with Gasteiger partial charge in [-0.3, -0.25) is 4.68 Å². The summed E-state index contributed by atoms with van der Waals surface area (Å²) >= 11 is 0. The van der Waals surface area contributed by atoms with Crippen molar-refractivity contribution < 1.29 is 0 Å². The first-order chi connectivity index (χ1) is 8.72. The third kappa shape index (κ3) is 2.33. The summed E-state index contributed by atoms with van der Waals surface area (Å²) in [4.78, 5) is 0. The lowest BCUT2D eigenvalue weighted by Gasteiger charge is -2.16. The third-order valence-electron chi connectivity index (χ3n) is 4.33. The zero-order chi connectivity index (χ0) is 13.1. The molecule has 18 heavy (non-hydrogen) atoms. The van der Waals surface area contributed by atoms with Gasteiger partial charge >= 0.3 is 0 Å². The lowest BCUT2D eigenvalue weighted by molar-refractivity contribution is 0.447. The molecular formula is C15H27N3. The molecule has 0 bridgehead atoms. The van der Waals surface area contributed by atoms with Crippen molar-refractivity contribution in [1.82, 2.24) is 15.1 Å². The van der Waals surface area contributed by atoms with Crippen LogP contribution in [0.5, 0.6) is 0 Å². The van der Waals surface area contributed by atoms with E-state index in [2.05, 4.69) is 30.8 Å². The molecule has 1 aliphatic carbocycles. The number of nitrogens with zero attached hydrogens (tertiary/aromatic N) is 2.